The van der Waals surface area contributed by atoms with Gasteiger partial charge in [-0.2, -0.15) is 0 Å². The fourth-order valence-electron chi connectivity index (χ4n) is 2.45. The van der Waals surface area contributed by atoms with Crippen LogP contribution in [0.15, 0.2) is 54.6 Å². The number of carbonyl (C=O) groups excluding carboxylic acids is 2. The molecule has 0 aliphatic heterocycles. The van der Waals surface area contributed by atoms with Crippen LogP contribution in [-0.4, -0.2) is 36.7 Å². The monoisotopic (exact) mass is 356 g/mol. The second-order valence-electron chi connectivity index (χ2n) is 5.68. The Balaban J connectivity index is 2.08. The number of phenolic OH excluding ortho intramolecular Hbond substituents is 1. The lowest BCUT2D eigenvalue weighted by molar-refractivity contribution is -0.123. The molecule has 2 rings (SSSR count). The van der Waals surface area contributed by atoms with Gasteiger partial charge in [-0.05, 0) is 31.0 Å². The molecule has 0 heterocycles. The summed E-state index contributed by atoms with van der Waals surface area (Å²) in [6.07, 6.45) is 0.689. The van der Waals surface area contributed by atoms with E-state index in [4.69, 9.17) is 4.74 Å². The van der Waals surface area contributed by atoms with E-state index >= 15 is 0 Å². The SMILES string of the molecule is CCOCCCNC(=O)[C@H](NC(=O)c1ccccc1O)c1ccccc1. The maximum atomic E-state index is 12.6. The molecule has 0 radical (unpaired) electrons. The first kappa shape index (κ1) is 19.5. The van der Waals surface area contributed by atoms with E-state index in [1.165, 1.54) is 12.1 Å². The van der Waals surface area contributed by atoms with Gasteiger partial charge in [0.1, 0.15) is 11.8 Å². The summed E-state index contributed by atoms with van der Waals surface area (Å²) in [6.45, 7) is 3.57. The number of phenols is 1. The van der Waals surface area contributed by atoms with E-state index in [1.54, 1.807) is 36.4 Å². The van der Waals surface area contributed by atoms with E-state index in [2.05, 4.69) is 10.6 Å². The second kappa shape index (κ2) is 10.2. The van der Waals surface area contributed by atoms with E-state index in [0.717, 1.165) is 0 Å². The molecule has 0 unspecified atom stereocenters. The molecule has 0 aliphatic rings. The van der Waals surface area contributed by atoms with E-state index in [-0.39, 0.29) is 17.2 Å². The highest BCUT2D eigenvalue weighted by Crippen LogP contribution is 2.18. The van der Waals surface area contributed by atoms with Gasteiger partial charge in [0.15, 0.2) is 0 Å². The molecule has 0 spiro atoms. The number of hydrogen-bond donors (Lipinski definition) is 3. The van der Waals surface area contributed by atoms with E-state index in [9.17, 15) is 14.7 Å². The summed E-state index contributed by atoms with van der Waals surface area (Å²) >= 11 is 0. The molecule has 6 heteroatoms. The molecule has 0 aliphatic carbocycles. The first-order valence-corrected chi connectivity index (χ1v) is 8.62. The molecular weight excluding hydrogens is 332 g/mol. The van der Waals surface area contributed by atoms with Crippen molar-refractivity contribution in [3.05, 3.63) is 65.7 Å². The van der Waals surface area contributed by atoms with E-state index < -0.39 is 11.9 Å². The Morgan fingerprint density at radius 2 is 1.77 bits per heavy atom. The van der Waals surface area contributed by atoms with Crippen molar-refractivity contribution >= 4 is 11.8 Å². The van der Waals surface area contributed by atoms with Crippen molar-refractivity contribution in [2.45, 2.75) is 19.4 Å². The van der Waals surface area contributed by atoms with Gasteiger partial charge in [-0.25, -0.2) is 0 Å². The summed E-state index contributed by atoms with van der Waals surface area (Å²) in [5, 5.41) is 15.4. The Bertz CT molecular complexity index is 719. The number of para-hydroxylation sites is 1. The summed E-state index contributed by atoms with van der Waals surface area (Å²) in [5.41, 5.74) is 0.788. The van der Waals surface area contributed by atoms with Crippen LogP contribution in [0.2, 0.25) is 0 Å². The van der Waals surface area contributed by atoms with Gasteiger partial charge in [0.25, 0.3) is 5.91 Å². The van der Waals surface area contributed by atoms with Crippen LogP contribution in [0, 0.1) is 0 Å². The predicted octanol–water partition coefficient (Wildman–Crippen LogP) is 2.41. The number of benzene rings is 2. The fraction of sp³-hybridized carbons (Fsp3) is 0.300. The third kappa shape index (κ3) is 5.60. The lowest BCUT2D eigenvalue weighted by Crippen LogP contribution is -2.40. The zero-order valence-electron chi connectivity index (χ0n) is 14.8. The van der Waals surface area contributed by atoms with Crippen LogP contribution in [0.1, 0.15) is 35.3 Å². The van der Waals surface area contributed by atoms with Crippen LogP contribution in [0.3, 0.4) is 0 Å². The summed E-state index contributed by atoms with van der Waals surface area (Å²) < 4.78 is 5.25. The number of nitrogens with one attached hydrogen (secondary N) is 2. The van der Waals surface area contributed by atoms with Crippen molar-refractivity contribution in [3.63, 3.8) is 0 Å². The fourth-order valence-corrected chi connectivity index (χ4v) is 2.45. The summed E-state index contributed by atoms with van der Waals surface area (Å²) in [5.74, 6) is -0.952. The molecule has 6 nitrogen and oxygen atoms in total. The zero-order chi connectivity index (χ0) is 18.8. The van der Waals surface area contributed by atoms with Gasteiger partial charge in [0.05, 0.1) is 5.56 Å². The van der Waals surface area contributed by atoms with Gasteiger partial charge in [0.2, 0.25) is 5.91 Å². The molecule has 0 aromatic heterocycles. The summed E-state index contributed by atoms with van der Waals surface area (Å²) in [6, 6.07) is 14.4. The average Bonchev–Trinajstić information content (AvgIpc) is 2.66. The molecule has 3 N–H and O–H groups in total. The lowest BCUT2D eigenvalue weighted by atomic mass is 10.0. The number of aromatic hydroxyl groups is 1. The highest BCUT2D eigenvalue weighted by molar-refractivity contribution is 5.99. The van der Waals surface area contributed by atoms with Crippen molar-refractivity contribution < 1.29 is 19.4 Å². The first-order valence-electron chi connectivity index (χ1n) is 8.62. The van der Waals surface area contributed by atoms with Crippen LogP contribution in [0.25, 0.3) is 0 Å². The number of rotatable bonds is 9. The summed E-state index contributed by atoms with van der Waals surface area (Å²) in [4.78, 5) is 25.1. The largest absolute Gasteiger partial charge is 0.507 e. The number of ether oxygens (including phenoxy) is 1. The van der Waals surface area contributed by atoms with Crippen molar-refractivity contribution in [3.8, 4) is 5.75 Å². The third-order valence-electron chi connectivity index (χ3n) is 3.79. The average molecular weight is 356 g/mol. The molecule has 2 amide bonds. The van der Waals surface area contributed by atoms with Gasteiger partial charge in [-0.15, -0.1) is 0 Å². The predicted molar refractivity (Wildman–Crippen MR) is 98.9 cm³/mol. The van der Waals surface area contributed by atoms with Gasteiger partial charge < -0.3 is 20.5 Å². The maximum Gasteiger partial charge on any atom is 0.255 e. The Morgan fingerprint density at radius 3 is 2.46 bits per heavy atom. The standard InChI is InChI=1S/C20H24N2O4/c1-2-26-14-8-13-21-20(25)18(15-9-4-3-5-10-15)22-19(24)16-11-6-7-12-17(16)23/h3-7,9-12,18,23H,2,8,13-14H2,1H3,(H,21,25)(H,22,24)/t18-/m1/s1. The number of hydrogen-bond acceptors (Lipinski definition) is 4. The van der Waals surface area contributed by atoms with E-state index in [1.807, 2.05) is 13.0 Å². The zero-order valence-corrected chi connectivity index (χ0v) is 14.8. The van der Waals surface area contributed by atoms with Gasteiger partial charge >= 0.3 is 0 Å². The van der Waals surface area contributed by atoms with Crippen LogP contribution in [0.4, 0.5) is 0 Å². The molecule has 2 aromatic rings. The Hall–Kier alpha value is -2.86. The molecule has 0 fully saturated rings. The Morgan fingerprint density at radius 1 is 1.08 bits per heavy atom. The maximum absolute atomic E-state index is 12.6. The highest BCUT2D eigenvalue weighted by Gasteiger charge is 2.23. The molecule has 2 aromatic carbocycles. The minimum absolute atomic E-state index is 0.123. The van der Waals surface area contributed by atoms with E-state index in [0.29, 0.717) is 31.7 Å². The molecule has 26 heavy (non-hydrogen) atoms. The Kier molecular flexibility index (Phi) is 7.64. The van der Waals surface area contributed by atoms with Crippen molar-refractivity contribution in [2.75, 3.05) is 19.8 Å². The van der Waals surface area contributed by atoms with Crippen LogP contribution >= 0.6 is 0 Å². The molecule has 1 atom stereocenters. The molecular formula is C20H24N2O4. The van der Waals surface area contributed by atoms with Crippen molar-refractivity contribution in [2.24, 2.45) is 0 Å². The normalized spacial score (nSPS) is 11.6. The Labute approximate surface area is 153 Å². The molecule has 0 saturated heterocycles. The van der Waals surface area contributed by atoms with Gasteiger partial charge in [-0.3, -0.25) is 9.59 Å². The van der Waals surface area contributed by atoms with Gasteiger partial charge in [0, 0.05) is 19.8 Å². The number of carbonyl (C=O) groups is 2. The van der Waals surface area contributed by atoms with Crippen LogP contribution in [0.5, 0.6) is 5.75 Å². The lowest BCUT2D eigenvalue weighted by Gasteiger charge is -2.19. The van der Waals surface area contributed by atoms with Crippen molar-refractivity contribution in [1.82, 2.24) is 10.6 Å². The number of amides is 2. The molecule has 0 bridgehead atoms. The minimum atomic E-state index is -0.851. The van der Waals surface area contributed by atoms with Crippen LogP contribution < -0.4 is 10.6 Å². The smallest absolute Gasteiger partial charge is 0.255 e. The third-order valence-corrected chi connectivity index (χ3v) is 3.79. The first-order chi connectivity index (χ1) is 12.6. The highest BCUT2D eigenvalue weighted by atomic mass is 16.5. The topological polar surface area (TPSA) is 87.7 Å². The second-order valence-corrected chi connectivity index (χ2v) is 5.68. The molecule has 138 valence electrons. The minimum Gasteiger partial charge on any atom is -0.507 e. The summed E-state index contributed by atoms with van der Waals surface area (Å²) in [7, 11) is 0. The quantitative estimate of drug-likeness (QED) is 0.602. The van der Waals surface area contributed by atoms with Crippen LogP contribution in [-0.2, 0) is 9.53 Å². The van der Waals surface area contributed by atoms with Gasteiger partial charge in [-0.1, -0.05) is 42.5 Å². The van der Waals surface area contributed by atoms with Crippen molar-refractivity contribution in [1.29, 1.82) is 0 Å². The molecule has 0 saturated carbocycles.